The van der Waals surface area contributed by atoms with Crippen molar-refractivity contribution in [2.24, 2.45) is 5.73 Å². The fourth-order valence-electron chi connectivity index (χ4n) is 2.05. The van der Waals surface area contributed by atoms with E-state index in [0.717, 1.165) is 6.07 Å². The maximum Gasteiger partial charge on any atom is 0.255 e. The molecule has 0 aliphatic carbocycles. The van der Waals surface area contributed by atoms with E-state index in [1.54, 1.807) is 11.9 Å². The topological polar surface area (TPSA) is 66.6 Å². The van der Waals surface area contributed by atoms with Crippen LogP contribution in [-0.4, -0.2) is 54.8 Å². The van der Waals surface area contributed by atoms with Crippen molar-refractivity contribution >= 4 is 11.8 Å². The van der Waals surface area contributed by atoms with E-state index in [-0.39, 0.29) is 24.6 Å². The van der Waals surface area contributed by atoms with Crippen LogP contribution in [0.4, 0.5) is 4.39 Å². The molecule has 1 aromatic carbocycles. The molecule has 110 valence electrons. The summed E-state index contributed by atoms with van der Waals surface area (Å²) in [5.41, 5.74) is 5.89. The summed E-state index contributed by atoms with van der Waals surface area (Å²) in [6.45, 7) is 1.03. The van der Waals surface area contributed by atoms with Gasteiger partial charge in [0.05, 0.1) is 12.1 Å². The van der Waals surface area contributed by atoms with Crippen LogP contribution in [0.25, 0.3) is 0 Å². The van der Waals surface area contributed by atoms with Gasteiger partial charge in [0.2, 0.25) is 5.91 Å². The number of likely N-dealkylation sites (N-methyl/N-ethyl adjacent to an activating group) is 1. The van der Waals surface area contributed by atoms with Crippen molar-refractivity contribution in [3.05, 3.63) is 35.1 Å². The zero-order valence-electron chi connectivity index (χ0n) is 11.7. The first-order chi connectivity index (χ1) is 10.0. The van der Waals surface area contributed by atoms with Gasteiger partial charge < -0.3 is 15.5 Å². The summed E-state index contributed by atoms with van der Waals surface area (Å²) in [6.07, 6.45) is 0. The number of amides is 2. The lowest BCUT2D eigenvalue weighted by atomic mass is 10.1. The van der Waals surface area contributed by atoms with Crippen molar-refractivity contribution in [2.45, 2.75) is 0 Å². The van der Waals surface area contributed by atoms with Gasteiger partial charge in [0.25, 0.3) is 5.91 Å². The van der Waals surface area contributed by atoms with Crippen LogP contribution < -0.4 is 5.73 Å². The molecule has 0 bridgehead atoms. The number of carbonyl (C=O) groups is 2. The summed E-state index contributed by atoms with van der Waals surface area (Å²) < 4.78 is 13.4. The van der Waals surface area contributed by atoms with E-state index in [4.69, 9.17) is 5.73 Å². The highest BCUT2D eigenvalue weighted by Gasteiger charge is 2.26. The van der Waals surface area contributed by atoms with Gasteiger partial charge >= 0.3 is 0 Å². The molecule has 0 aromatic heterocycles. The molecule has 1 aliphatic heterocycles. The molecule has 21 heavy (non-hydrogen) atoms. The van der Waals surface area contributed by atoms with E-state index in [9.17, 15) is 14.0 Å². The average molecular weight is 289 g/mol. The summed E-state index contributed by atoms with van der Waals surface area (Å²) in [6, 6.07) is 3.83. The minimum atomic E-state index is -0.517. The number of benzene rings is 1. The average Bonchev–Trinajstić information content (AvgIpc) is 2.48. The molecular weight excluding hydrogens is 273 g/mol. The number of hydrogen-bond donors (Lipinski definition) is 1. The first kappa shape index (κ1) is 15.0. The normalized spacial score (nSPS) is 14.7. The maximum atomic E-state index is 13.4. The van der Waals surface area contributed by atoms with Crippen molar-refractivity contribution in [2.75, 3.05) is 33.2 Å². The molecule has 1 aromatic rings. The maximum absolute atomic E-state index is 13.4. The number of hydrogen-bond acceptors (Lipinski definition) is 3. The molecule has 0 atom stereocenters. The van der Waals surface area contributed by atoms with Crippen molar-refractivity contribution in [1.29, 1.82) is 0 Å². The second-order valence-corrected chi connectivity index (χ2v) is 4.74. The third-order valence-corrected chi connectivity index (χ3v) is 3.28. The minimum Gasteiger partial charge on any atom is -0.342 e. The van der Waals surface area contributed by atoms with Gasteiger partial charge in [0.1, 0.15) is 12.4 Å². The number of halogens is 1. The molecular formula is C15H16FN3O2. The standard InChI is InChI=1S/C15H16FN3O2/c1-18-7-8-19(10-14(18)20)15(21)13-9-12(16)5-4-11(13)3-2-6-17/h4-5,9H,6-8,10,17H2,1H3. The molecule has 5 nitrogen and oxygen atoms in total. The highest BCUT2D eigenvalue weighted by molar-refractivity contribution is 5.99. The predicted molar refractivity (Wildman–Crippen MR) is 75.9 cm³/mol. The van der Waals surface area contributed by atoms with Gasteiger partial charge in [0, 0.05) is 25.7 Å². The lowest BCUT2D eigenvalue weighted by molar-refractivity contribution is -0.133. The summed E-state index contributed by atoms with van der Waals surface area (Å²) >= 11 is 0. The Kier molecular flexibility index (Phi) is 4.55. The molecule has 0 spiro atoms. The van der Waals surface area contributed by atoms with E-state index in [0.29, 0.717) is 18.7 Å². The van der Waals surface area contributed by atoms with E-state index >= 15 is 0 Å². The Labute approximate surface area is 122 Å². The van der Waals surface area contributed by atoms with Crippen LogP contribution in [0.2, 0.25) is 0 Å². The monoisotopic (exact) mass is 289 g/mol. The Balaban J connectivity index is 2.30. The fourth-order valence-corrected chi connectivity index (χ4v) is 2.05. The van der Waals surface area contributed by atoms with Gasteiger partial charge in [-0.15, -0.1) is 0 Å². The Morgan fingerprint density at radius 2 is 2.19 bits per heavy atom. The lowest BCUT2D eigenvalue weighted by Crippen LogP contribution is -2.50. The van der Waals surface area contributed by atoms with Crippen molar-refractivity contribution in [3.8, 4) is 11.8 Å². The van der Waals surface area contributed by atoms with Crippen LogP contribution in [0.5, 0.6) is 0 Å². The lowest BCUT2D eigenvalue weighted by Gasteiger charge is -2.32. The van der Waals surface area contributed by atoms with Crippen LogP contribution in [-0.2, 0) is 4.79 Å². The SMILES string of the molecule is CN1CCN(C(=O)c2cc(F)ccc2C#CCN)CC1=O. The van der Waals surface area contributed by atoms with E-state index in [1.165, 1.54) is 17.0 Å². The number of carbonyl (C=O) groups excluding carboxylic acids is 2. The third kappa shape index (κ3) is 3.38. The van der Waals surface area contributed by atoms with Gasteiger partial charge in [0.15, 0.2) is 0 Å². The van der Waals surface area contributed by atoms with Crippen molar-refractivity contribution in [1.82, 2.24) is 9.80 Å². The molecule has 0 radical (unpaired) electrons. The molecule has 2 N–H and O–H groups in total. The van der Waals surface area contributed by atoms with E-state index in [1.807, 2.05) is 0 Å². The first-order valence-electron chi connectivity index (χ1n) is 6.54. The summed E-state index contributed by atoms with van der Waals surface area (Å²) in [7, 11) is 1.69. The Bertz CT molecular complexity index is 634. The van der Waals surface area contributed by atoms with Gasteiger partial charge in [-0.2, -0.15) is 0 Å². The Morgan fingerprint density at radius 3 is 2.86 bits per heavy atom. The quantitative estimate of drug-likeness (QED) is 0.743. The molecule has 2 rings (SSSR count). The van der Waals surface area contributed by atoms with Gasteiger partial charge in [-0.05, 0) is 18.2 Å². The van der Waals surface area contributed by atoms with E-state index in [2.05, 4.69) is 11.8 Å². The highest BCUT2D eigenvalue weighted by atomic mass is 19.1. The van der Waals surface area contributed by atoms with Crippen LogP contribution in [0, 0.1) is 17.7 Å². The van der Waals surface area contributed by atoms with Crippen LogP contribution >= 0.6 is 0 Å². The molecule has 1 aliphatic rings. The third-order valence-electron chi connectivity index (χ3n) is 3.28. The zero-order valence-corrected chi connectivity index (χ0v) is 11.7. The summed E-state index contributed by atoms with van der Waals surface area (Å²) in [5.74, 6) is 4.36. The number of nitrogens with two attached hydrogens (primary N) is 1. The smallest absolute Gasteiger partial charge is 0.255 e. The molecule has 1 saturated heterocycles. The summed E-state index contributed by atoms with van der Waals surface area (Å²) in [4.78, 5) is 27.1. The Hall–Kier alpha value is -2.39. The fraction of sp³-hybridized carbons (Fsp3) is 0.333. The number of rotatable bonds is 1. The second-order valence-electron chi connectivity index (χ2n) is 4.74. The highest BCUT2D eigenvalue weighted by Crippen LogP contribution is 2.15. The van der Waals surface area contributed by atoms with Crippen LogP contribution in [0.3, 0.4) is 0 Å². The molecule has 2 amide bonds. The zero-order chi connectivity index (χ0) is 15.4. The molecule has 0 saturated carbocycles. The second kappa shape index (κ2) is 6.37. The largest absolute Gasteiger partial charge is 0.342 e. The molecule has 1 heterocycles. The predicted octanol–water partition coefficient (Wildman–Crippen LogP) is 0.0501. The molecule has 1 fully saturated rings. The van der Waals surface area contributed by atoms with Gasteiger partial charge in [-0.3, -0.25) is 9.59 Å². The molecule has 0 unspecified atom stereocenters. The Morgan fingerprint density at radius 1 is 1.43 bits per heavy atom. The summed E-state index contributed by atoms with van der Waals surface area (Å²) in [5, 5.41) is 0. The minimum absolute atomic E-state index is 0.00436. The van der Waals surface area contributed by atoms with Crippen molar-refractivity contribution in [3.63, 3.8) is 0 Å². The number of nitrogens with zero attached hydrogens (tertiary/aromatic N) is 2. The van der Waals surface area contributed by atoms with E-state index < -0.39 is 11.7 Å². The van der Waals surface area contributed by atoms with Crippen LogP contribution in [0.1, 0.15) is 15.9 Å². The first-order valence-corrected chi connectivity index (χ1v) is 6.54. The molecule has 6 heteroatoms. The van der Waals surface area contributed by atoms with Gasteiger partial charge in [-0.25, -0.2) is 4.39 Å². The van der Waals surface area contributed by atoms with Crippen LogP contribution in [0.15, 0.2) is 18.2 Å². The number of piperazine rings is 1. The van der Waals surface area contributed by atoms with Gasteiger partial charge in [-0.1, -0.05) is 11.8 Å². The van der Waals surface area contributed by atoms with Crippen molar-refractivity contribution < 1.29 is 14.0 Å².